The standard InChI is InChI=1S/C25H39N5O/c1-18(2)13-20(19-7-4-3-5-8-19)14-27-25(31)23-9-6-10-24-28-22(17-30(23)24)16-29-12-11-21(26)15-29/h6,9-10,17-21H,3-5,7-8,11-16,26H2,1-2H3,(H,27,31)/t20?,21-/m1/s1. The molecule has 2 fully saturated rings. The number of aromatic nitrogens is 2. The van der Waals surface area contributed by atoms with Gasteiger partial charge in [0.05, 0.1) is 5.69 Å². The second kappa shape index (κ2) is 10.1. The Morgan fingerprint density at radius 1 is 1.23 bits per heavy atom. The number of rotatable bonds is 8. The summed E-state index contributed by atoms with van der Waals surface area (Å²) in [4.78, 5) is 20.2. The predicted octanol–water partition coefficient (Wildman–Crippen LogP) is 3.84. The molecule has 1 amide bonds. The molecule has 2 aliphatic rings. The fourth-order valence-corrected chi connectivity index (χ4v) is 5.53. The zero-order valence-electron chi connectivity index (χ0n) is 19.2. The minimum Gasteiger partial charge on any atom is -0.350 e. The van der Waals surface area contributed by atoms with Gasteiger partial charge >= 0.3 is 0 Å². The molecular formula is C25H39N5O. The van der Waals surface area contributed by atoms with Gasteiger partial charge < -0.3 is 11.1 Å². The summed E-state index contributed by atoms with van der Waals surface area (Å²) in [6.45, 7) is 8.07. The van der Waals surface area contributed by atoms with Crippen LogP contribution >= 0.6 is 0 Å². The van der Waals surface area contributed by atoms with Crippen LogP contribution < -0.4 is 11.1 Å². The third-order valence-electron chi connectivity index (χ3n) is 7.08. The van der Waals surface area contributed by atoms with Crippen molar-refractivity contribution in [2.24, 2.45) is 23.5 Å². The normalized spacial score (nSPS) is 21.7. The molecule has 170 valence electrons. The summed E-state index contributed by atoms with van der Waals surface area (Å²) < 4.78 is 1.94. The molecule has 31 heavy (non-hydrogen) atoms. The van der Waals surface area contributed by atoms with Gasteiger partial charge in [-0.05, 0) is 42.7 Å². The first-order valence-electron chi connectivity index (χ1n) is 12.2. The summed E-state index contributed by atoms with van der Waals surface area (Å²) in [7, 11) is 0. The number of fused-ring (bicyclic) bond motifs is 1. The molecule has 3 heterocycles. The van der Waals surface area contributed by atoms with Crippen LogP contribution in [0.2, 0.25) is 0 Å². The maximum atomic E-state index is 13.1. The summed E-state index contributed by atoms with van der Waals surface area (Å²) in [6.07, 6.45) is 10.9. The lowest BCUT2D eigenvalue weighted by atomic mass is 9.76. The molecule has 0 radical (unpaired) electrons. The Morgan fingerprint density at radius 3 is 2.74 bits per heavy atom. The number of nitrogens with one attached hydrogen (secondary N) is 1. The quantitative estimate of drug-likeness (QED) is 0.674. The lowest BCUT2D eigenvalue weighted by Crippen LogP contribution is -2.35. The Kier molecular flexibility index (Phi) is 7.28. The Bertz CT molecular complexity index is 870. The molecular weight excluding hydrogens is 386 g/mol. The Hall–Kier alpha value is -1.92. The molecule has 6 nitrogen and oxygen atoms in total. The third-order valence-corrected chi connectivity index (χ3v) is 7.08. The molecule has 2 atom stereocenters. The molecule has 1 saturated carbocycles. The maximum absolute atomic E-state index is 13.1. The van der Waals surface area contributed by atoms with E-state index in [-0.39, 0.29) is 11.9 Å². The monoisotopic (exact) mass is 425 g/mol. The first-order valence-corrected chi connectivity index (χ1v) is 12.2. The summed E-state index contributed by atoms with van der Waals surface area (Å²) in [5.41, 5.74) is 8.53. The van der Waals surface area contributed by atoms with E-state index in [0.717, 1.165) is 49.9 Å². The van der Waals surface area contributed by atoms with Crippen molar-refractivity contribution in [1.82, 2.24) is 19.6 Å². The highest BCUT2D eigenvalue weighted by atomic mass is 16.1. The van der Waals surface area contributed by atoms with E-state index < -0.39 is 0 Å². The Labute approximate surface area is 186 Å². The van der Waals surface area contributed by atoms with Crippen molar-refractivity contribution in [3.63, 3.8) is 0 Å². The smallest absolute Gasteiger partial charge is 0.268 e. The second-order valence-corrected chi connectivity index (χ2v) is 10.2. The van der Waals surface area contributed by atoms with Crippen LogP contribution in [0, 0.1) is 17.8 Å². The molecule has 0 bridgehead atoms. The molecule has 1 aliphatic heterocycles. The zero-order valence-corrected chi connectivity index (χ0v) is 19.2. The van der Waals surface area contributed by atoms with E-state index in [1.807, 2.05) is 28.8 Å². The molecule has 3 N–H and O–H groups in total. The van der Waals surface area contributed by atoms with Crippen LogP contribution in [0.15, 0.2) is 24.4 Å². The number of hydrogen-bond donors (Lipinski definition) is 2. The van der Waals surface area contributed by atoms with Crippen LogP contribution in [0.4, 0.5) is 0 Å². The van der Waals surface area contributed by atoms with Gasteiger partial charge in [0.15, 0.2) is 0 Å². The van der Waals surface area contributed by atoms with Gasteiger partial charge in [-0.2, -0.15) is 0 Å². The minimum absolute atomic E-state index is 0.00214. The van der Waals surface area contributed by atoms with Crippen LogP contribution in [0.5, 0.6) is 0 Å². The van der Waals surface area contributed by atoms with Crippen molar-refractivity contribution in [3.05, 3.63) is 35.8 Å². The van der Waals surface area contributed by atoms with Gasteiger partial charge in [0.1, 0.15) is 11.3 Å². The third kappa shape index (κ3) is 5.66. The Balaban J connectivity index is 1.43. The molecule has 1 aliphatic carbocycles. The molecule has 4 rings (SSSR count). The molecule has 6 heteroatoms. The van der Waals surface area contributed by atoms with Crippen molar-refractivity contribution >= 4 is 11.6 Å². The number of amides is 1. The number of carbonyl (C=O) groups is 1. The number of nitrogens with two attached hydrogens (primary N) is 1. The average molecular weight is 426 g/mol. The van der Waals surface area contributed by atoms with E-state index in [4.69, 9.17) is 10.7 Å². The van der Waals surface area contributed by atoms with Crippen molar-refractivity contribution in [2.45, 2.75) is 71.4 Å². The fourth-order valence-electron chi connectivity index (χ4n) is 5.53. The van der Waals surface area contributed by atoms with E-state index >= 15 is 0 Å². The second-order valence-electron chi connectivity index (χ2n) is 10.2. The van der Waals surface area contributed by atoms with Gasteiger partial charge in [0.25, 0.3) is 5.91 Å². The molecule has 1 unspecified atom stereocenters. The van der Waals surface area contributed by atoms with Crippen LogP contribution in [-0.4, -0.2) is 45.9 Å². The molecule has 0 spiro atoms. The van der Waals surface area contributed by atoms with E-state index in [9.17, 15) is 4.79 Å². The van der Waals surface area contributed by atoms with Gasteiger partial charge in [-0.1, -0.05) is 52.0 Å². The van der Waals surface area contributed by atoms with E-state index in [1.54, 1.807) is 0 Å². The van der Waals surface area contributed by atoms with Gasteiger partial charge in [-0.25, -0.2) is 4.98 Å². The number of hydrogen-bond acceptors (Lipinski definition) is 4. The molecule has 2 aromatic heterocycles. The van der Waals surface area contributed by atoms with Gasteiger partial charge in [-0.3, -0.25) is 14.1 Å². The summed E-state index contributed by atoms with van der Waals surface area (Å²) in [5, 5.41) is 3.27. The average Bonchev–Trinajstić information content (AvgIpc) is 3.36. The number of carbonyl (C=O) groups excluding carboxylic acids is 1. The molecule has 0 aromatic carbocycles. The topological polar surface area (TPSA) is 75.7 Å². The molecule has 1 saturated heterocycles. The van der Waals surface area contributed by atoms with E-state index in [2.05, 4.69) is 24.1 Å². The van der Waals surface area contributed by atoms with Crippen LogP contribution in [-0.2, 0) is 6.54 Å². The van der Waals surface area contributed by atoms with E-state index in [0.29, 0.717) is 17.5 Å². The fraction of sp³-hybridized carbons (Fsp3) is 0.680. The number of pyridine rings is 1. The largest absolute Gasteiger partial charge is 0.350 e. The van der Waals surface area contributed by atoms with Crippen LogP contribution in [0.3, 0.4) is 0 Å². The van der Waals surface area contributed by atoms with Gasteiger partial charge in [0, 0.05) is 38.4 Å². The highest BCUT2D eigenvalue weighted by Crippen LogP contribution is 2.33. The molecule has 2 aromatic rings. The van der Waals surface area contributed by atoms with Crippen LogP contribution in [0.25, 0.3) is 5.65 Å². The predicted molar refractivity (Wildman–Crippen MR) is 125 cm³/mol. The van der Waals surface area contributed by atoms with Crippen LogP contribution in [0.1, 0.15) is 75.0 Å². The number of imidazole rings is 1. The van der Waals surface area contributed by atoms with Crippen molar-refractivity contribution in [1.29, 1.82) is 0 Å². The summed E-state index contributed by atoms with van der Waals surface area (Å²) in [5.74, 6) is 1.98. The highest BCUT2D eigenvalue weighted by molar-refractivity contribution is 5.93. The Morgan fingerprint density at radius 2 is 2.03 bits per heavy atom. The summed E-state index contributed by atoms with van der Waals surface area (Å²) >= 11 is 0. The van der Waals surface area contributed by atoms with Gasteiger partial charge in [0.2, 0.25) is 0 Å². The summed E-state index contributed by atoms with van der Waals surface area (Å²) in [6, 6.07) is 6.07. The lowest BCUT2D eigenvalue weighted by molar-refractivity contribution is 0.0926. The van der Waals surface area contributed by atoms with Crippen molar-refractivity contribution < 1.29 is 4.79 Å². The zero-order chi connectivity index (χ0) is 21.8. The lowest BCUT2D eigenvalue weighted by Gasteiger charge is -2.31. The van der Waals surface area contributed by atoms with Crippen molar-refractivity contribution in [2.75, 3.05) is 19.6 Å². The van der Waals surface area contributed by atoms with Crippen molar-refractivity contribution in [3.8, 4) is 0 Å². The maximum Gasteiger partial charge on any atom is 0.268 e. The highest BCUT2D eigenvalue weighted by Gasteiger charge is 2.25. The minimum atomic E-state index is 0.00214. The first-order chi connectivity index (χ1) is 15.0. The number of likely N-dealkylation sites (tertiary alicyclic amines) is 1. The SMILES string of the molecule is CC(C)CC(CNC(=O)c1cccc2nc(CN3CC[C@@H](N)C3)cn12)C1CCCCC1. The van der Waals surface area contributed by atoms with Gasteiger partial charge in [-0.15, -0.1) is 0 Å². The van der Waals surface area contributed by atoms with E-state index in [1.165, 1.54) is 38.5 Å². The first kappa shape index (κ1) is 22.3. The number of nitrogens with zero attached hydrogens (tertiary/aromatic N) is 3.